The van der Waals surface area contributed by atoms with Gasteiger partial charge in [0.25, 0.3) is 0 Å². The predicted molar refractivity (Wildman–Crippen MR) is 109 cm³/mol. The van der Waals surface area contributed by atoms with Crippen LogP contribution in [0, 0.1) is 0 Å². The Hall–Kier alpha value is -3.93. The van der Waals surface area contributed by atoms with Crippen LogP contribution in [0.3, 0.4) is 0 Å². The van der Waals surface area contributed by atoms with Crippen molar-refractivity contribution in [3.05, 3.63) is 102 Å². The van der Waals surface area contributed by atoms with Gasteiger partial charge in [-0.05, 0) is 17.5 Å². The number of benzene rings is 2. The van der Waals surface area contributed by atoms with Crippen molar-refractivity contribution in [1.82, 2.24) is 15.2 Å². The van der Waals surface area contributed by atoms with Crippen LogP contribution in [0.4, 0.5) is 0 Å². The third-order valence-corrected chi connectivity index (χ3v) is 4.59. The molecule has 0 amide bonds. The molecule has 4 aromatic rings. The van der Waals surface area contributed by atoms with Crippen LogP contribution in [-0.2, 0) is 12.8 Å². The number of aromatic nitrogens is 3. The molecule has 2 aromatic carbocycles. The normalized spacial score (nSPS) is 11.5. The third-order valence-electron chi connectivity index (χ3n) is 4.59. The zero-order chi connectivity index (χ0) is 20.1. The van der Waals surface area contributed by atoms with Crippen LogP contribution in [0.15, 0.2) is 83.7 Å². The van der Waals surface area contributed by atoms with Gasteiger partial charge < -0.3 is 9.52 Å². The van der Waals surface area contributed by atoms with Crippen LogP contribution in [0.1, 0.15) is 27.5 Å². The molecule has 29 heavy (non-hydrogen) atoms. The van der Waals surface area contributed by atoms with Crippen molar-refractivity contribution in [2.24, 2.45) is 0 Å². The number of aliphatic hydroxyl groups is 1. The van der Waals surface area contributed by atoms with Gasteiger partial charge in [-0.2, -0.15) is 5.10 Å². The zero-order valence-corrected chi connectivity index (χ0v) is 15.6. The Morgan fingerprint density at radius 2 is 1.76 bits per heavy atom. The van der Waals surface area contributed by atoms with E-state index in [0.717, 1.165) is 23.6 Å². The molecule has 0 aliphatic heterocycles. The van der Waals surface area contributed by atoms with Crippen molar-refractivity contribution >= 4 is 11.5 Å². The van der Waals surface area contributed by atoms with Crippen molar-refractivity contribution in [1.29, 1.82) is 0 Å². The maximum absolute atomic E-state index is 13.1. The smallest absolute Gasteiger partial charge is 0.215 e. The lowest BCUT2D eigenvalue weighted by Crippen LogP contribution is -2.03. The highest BCUT2D eigenvalue weighted by Gasteiger charge is 2.21. The van der Waals surface area contributed by atoms with E-state index in [-0.39, 0.29) is 17.4 Å². The number of carbonyl (C=O) groups is 1. The number of rotatable bonds is 7. The molecule has 4 rings (SSSR count). The van der Waals surface area contributed by atoms with Gasteiger partial charge >= 0.3 is 0 Å². The predicted octanol–water partition coefficient (Wildman–Crippen LogP) is 4.63. The zero-order valence-electron chi connectivity index (χ0n) is 15.6. The van der Waals surface area contributed by atoms with E-state index in [2.05, 4.69) is 15.2 Å². The largest absolute Gasteiger partial charge is 0.504 e. The van der Waals surface area contributed by atoms with Gasteiger partial charge in [-0.3, -0.25) is 9.89 Å². The molecule has 2 aromatic heterocycles. The molecule has 6 heteroatoms. The number of hydrogen-bond donors (Lipinski definition) is 2. The Morgan fingerprint density at radius 3 is 2.45 bits per heavy atom. The molecule has 0 saturated carbocycles. The Bertz CT molecular complexity index is 1110. The lowest BCUT2D eigenvalue weighted by Gasteiger charge is -2.05. The number of aromatic amines is 1. The van der Waals surface area contributed by atoms with Crippen molar-refractivity contribution in [2.45, 2.75) is 12.8 Å². The highest BCUT2D eigenvalue weighted by Crippen LogP contribution is 2.30. The van der Waals surface area contributed by atoms with Crippen LogP contribution >= 0.6 is 0 Å². The lowest BCUT2D eigenvalue weighted by atomic mass is 9.97. The summed E-state index contributed by atoms with van der Waals surface area (Å²) in [7, 11) is 0. The van der Waals surface area contributed by atoms with Crippen LogP contribution in [-0.4, -0.2) is 26.1 Å². The van der Waals surface area contributed by atoms with E-state index < -0.39 is 0 Å². The number of nitrogens with one attached hydrogen (secondary N) is 1. The fraction of sp³-hybridized carbons (Fsp3) is 0.0870. The Labute approximate surface area is 167 Å². The highest BCUT2D eigenvalue weighted by molar-refractivity contribution is 6.12. The highest BCUT2D eigenvalue weighted by atomic mass is 16.3. The quantitative estimate of drug-likeness (QED) is 0.275. The van der Waals surface area contributed by atoms with Crippen LogP contribution in [0.2, 0.25) is 0 Å². The second-order valence-corrected chi connectivity index (χ2v) is 6.52. The molecule has 0 unspecified atom stereocenters. The molecular formula is C23H19N3O3. The molecule has 0 aliphatic carbocycles. The maximum Gasteiger partial charge on any atom is 0.215 e. The van der Waals surface area contributed by atoms with Gasteiger partial charge in [0.05, 0.1) is 11.8 Å². The number of hydrogen-bond acceptors (Lipinski definition) is 5. The van der Waals surface area contributed by atoms with Gasteiger partial charge in [0.1, 0.15) is 12.1 Å². The number of allylic oxidation sites excluding steroid dienone is 1. The van der Waals surface area contributed by atoms with E-state index in [9.17, 15) is 9.90 Å². The average molecular weight is 385 g/mol. The molecule has 0 radical (unpaired) electrons. The van der Waals surface area contributed by atoms with Crippen LogP contribution in [0.5, 0.6) is 0 Å². The van der Waals surface area contributed by atoms with Crippen LogP contribution in [0.25, 0.3) is 16.9 Å². The summed E-state index contributed by atoms with van der Waals surface area (Å²) < 4.78 is 5.80. The second kappa shape index (κ2) is 8.39. The number of nitrogens with zero attached hydrogens (tertiary/aromatic N) is 2. The van der Waals surface area contributed by atoms with Gasteiger partial charge in [0.15, 0.2) is 11.5 Å². The van der Waals surface area contributed by atoms with Crippen molar-refractivity contribution in [3.63, 3.8) is 0 Å². The van der Waals surface area contributed by atoms with Crippen molar-refractivity contribution < 1.29 is 14.3 Å². The minimum Gasteiger partial charge on any atom is -0.504 e. The summed E-state index contributed by atoms with van der Waals surface area (Å²) in [5.74, 6) is -0.0147. The topological polar surface area (TPSA) is 92.0 Å². The van der Waals surface area contributed by atoms with Crippen molar-refractivity contribution in [3.8, 4) is 11.1 Å². The summed E-state index contributed by atoms with van der Waals surface area (Å²) in [6.07, 6.45) is 5.36. The van der Waals surface area contributed by atoms with E-state index in [4.69, 9.17) is 4.42 Å². The first-order valence-electron chi connectivity index (χ1n) is 9.23. The van der Waals surface area contributed by atoms with E-state index in [1.165, 1.54) is 6.33 Å². The van der Waals surface area contributed by atoms with Gasteiger partial charge in [-0.1, -0.05) is 60.7 Å². The minimum atomic E-state index is -0.358. The Morgan fingerprint density at radius 1 is 1.03 bits per heavy atom. The minimum absolute atomic E-state index is 0.0638. The van der Waals surface area contributed by atoms with Gasteiger partial charge in [-0.25, -0.2) is 4.98 Å². The Balaban J connectivity index is 1.69. The fourth-order valence-electron chi connectivity index (χ4n) is 3.18. The van der Waals surface area contributed by atoms with Crippen LogP contribution < -0.4 is 0 Å². The molecular weight excluding hydrogens is 366 g/mol. The molecule has 2 N–H and O–H groups in total. The molecule has 0 atom stereocenters. The summed E-state index contributed by atoms with van der Waals surface area (Å²) in [6, 6.07) is 19.6. The summed E-state index contributed by atoms with van der Waals surface area (Å²) >= 11 is 0. The molecule has 6 nitrogen and oxygen atoms in total. The number of ketones is 1. The first-order chi connectivity index (χ1) is 14.2. The van der Waals surface area contributed by atoms with Crippen molar-refractivity contribution in [2.75, 3.05) is 0 Å². The maximum atomic E-state index is 13.1. The van der Waals surface area contributed by atoms with E-state index in [1.54, 1.807) is 6.26 Å². The van der Waals surface area contributed by atoms with Gasteiger partial charge in [-0.15, -0.1) is 0 Å². The SMILES string of the molecule is O=C(C=C(O)c1nc[nH]n1)c1c(-c2ccccc2)coc1CCc1ccccc1. The third kappa shape index (κ3) is 4.16. The summed E-state index contributed by atoms with van der Waals surface area (Å²) in [6.45, 7) is 0. The van der Waals surface area contributed by atoms with Gasteiger partial charge in [0, 0.05) is 18.1 Å². The Kier molecular flexibility index (Phi) is 5.33. The standard InChI is InChI=1S/C23H19N3O3/c27-19(13-20(28)23-24-15-25-26-23)22-18(17-9-5-2-6-10-17)14-29-21(22)12-11-16-7-3-1-4-8-16/h1-10,13-15,28H,11-12H2,(H,24,25,26). The summed E-state index contributed by atoms with van der Waals surface area (Å²) in [5, 5.41) is 16.5. The molecule has 0 aliphatic rings. The van der Waals surface area contributed by atoms with E-state index in [1.807, 2.05) is 60.7 Å². The molecule has 144 valence electrons. The van der Waals surface area contributed by atoms with E-state index >= 15 is 0 Å². The monoisotopic (exact) mass is 385 g/mol. The molecule has 0 fully saturated rings. The summed E-state index contributed by atoms with van der Waals surface area (Å²) in [4.78, 5) is 16.9. The molecule has 0 bridgehead atoms. The van der Waals surface area contributed by atoms with Gasteiger partial charge in [0.2, 0.25) is 5.82 Å². The first-order valence-corrected chi connectivity index (χ1v) is 9.23. The molecule has 0 saturated heterocycles. The molecule has 0 spiro atoms. The molecule has 2 heterocycles. The van der Waals surface area contributed by atoms with E-state index in [0.29, 0.717) is 23.3 Å². The number of H-pyrrole nitrogens is 1. The second-order valence-electron chi connectivity index (χ2n) is 6.52. The summed E-state index contributed by atoms with van der Waals surface area (Å²) in [5.41, 5.74) is 3.16. The first kappa shape index (κ1) is 18.4. The number of aliphatic hydroxyl groups excluding tert-OH is 1. The number of aryl methyl sites for hydroxylation is 2. The lowest BCUT2D eigenvalue weighted by molar-refractivity contribution is 0.104. The fourth-order valence-corrected chi connectivity index (χ4v) is 3.18. The number of furan rings is 1. The number of carbonyl (C=O) groups excluding carboxylic acids is 1. The average Bonchev–Trinajstić information content (AvgIpc) is 3.44.